The van der Waals surface area contributed by atoms with Crippen LogP contribution in [0.15, 0.2) is 30.6 Å². The van der Waals surface area contributed by atoms with Gasteiger partial charge in [0.2, 0.25) is 0 Å². The van der Waals surface area contributed by atoms with Crippen molar-refractivity contribution in [3.05, 3.63) is 35.6 Å². The Morgan fingerprint density at radius 3 is 2.65 bits per heavy atom. The third-order valence-electron chi connectivity index (χ3n) is 3.36. The van der Waals surface area contributed by atoms with E-state index in [4.69, 9.17) is 16.3 Å². The van der Waals surface area contributed by atoms with Crippen molar-refractivity contribution in [3.63, 3.8) is 0 Å². The highest BCUT2D eigenvalue weighted by Gasteiger charge is 2.18. The first-order chi connectivity index (χ1) is 11.0. The Labute approximate surface area is 140 Å². The Kier molecular flexibility index (Phi) is 5.81. The van der Waals surface area contributed by atoms with Crippen molar-refractivity contribution in [1.82, 2.24) is 20.3 Å². The van der Waals surface area contributed by atoms with Crippen LogP contribution in [-0.4, -0.2) is 34.2 Å². The highest BCUT2D eigenvalue weighted by Crippen LogP contribution is 2.27. The number of hydrogen-bond donors (Lipinski definition) is 2. The minimum atomic E-state index is -0.337. The maximum atomic E-state index is 12.3. The first-order valence-electron chi connectivity index (χ1n) is 7.24. The van der Waals surface area contributed by atoms with E-state index in [0.29, 0.717) is 23.0 Å². The number of rotatable bonds is 6. The lowest BCUT2D eigenvalue weighted by atomic mass is 10.1. The second-order valence-corrected chi connectivity index (χ2v) is 5.81. The minimum absolute atomic E-state index is 0.118. The molecule has 7 nitrogen and oxygen atoms in total. The molecule has 0 spiro atoms. The molecular formula is C15H20ClN5O2. The Bertz CT molecular complexity index is 645. The van der Waals surface area contributed by atoms with Crippen molar-refractivity contribution >= 4 is 23.3 Å². The van der Waals surface area contributed by atoms with Crippen LogP contribution < -0.4 is 15.4 Å². The number of ether oxygens (including phenoxy) is 1. The van der Waals surface area contributed by atoms with Gasteiger partial charge in [-0.05, 0) is 24.1 Å². The van der Waals surface area contributed by atoms with Gasteiger partial charge in [-0.1, -0.05) is 25.4 Å². The maximum Gasteiger partial charge on any atom is 0.319 e. The van der Waals surface area contributed by atoms with Gasteiger partial charge in [-0.2, -0.15) is 15.0 Å². The van der Waals surface area contributed by atoms with Gasteiger partial charge in [-0.25, -0.2) is 4.79 Å². The molecule has 0 fully saturated rings. The van der Waals surface area contributed by atoms with E-state index in [1.165, 1.54) is 7.11 Å². The summed E-state index contributed by atoms with van der Waals surface area (Å²) in [5, 5.41) is 14.3. The molecule has 124 valence electrons. The molecule has 1 atom stereocenters. The summed E-state index contributed by atoms with van der Waals surface area (Å²) < 4.78 is 5.21. The van der Waals surface area contributed by atoms with Crippen molar-refractivity contribution in [2.45, 2.75) is 26.4 Å². The number of hydrogen-bond acceptors (Lipinski definition) is 4. The Balaban J connectivity index is 2.03. The van der Waals surface area contributed by atoms with E-state index in [2.05, 4.69) is 20.8 Å². The number of nitrogens with zero attached hydrogens (tertiary/aromatic N) is 3. The zero-order chi connectivity index (χ0) is 16.8. The maximum absolute atomic E-state index is 12.3. The summed E-state index contributed by atoms with van der Waals surface area (Å²) in [7, 11) is 1.53. The van der Waals surface area contributed by atoms with E-state index < -0.39 is 0 Å². The Hall–Kier alpha value is -2.28. The van der Waals surface area contributed by atoms with Gasteiger partial charge in [-0.15, -0.1) is 0 Å². The SMILES string of the molecule is COc1ccc(Cl)cc1NC(=O)NC(Cn1nccn1)C(C)C. The molecule has 0 aliphatic heterocycles. The van der Waals surface area contributed by atoms with Crippen LogP contribution in [0.2, 0.25) is 5.02 Å². The number of amides is 2. The van der Waals surface area contributed by atoms with E-state index in [-0.39, 0.29) is 18.0 Å². The Morgan fingerprint density at radius 2 is 2.04 bits per heavy atom. The number of nitrogens with one attached hydrogen (secondary N) is 2. The number of carbonyl (C=O) groups excluding carboxylic acids is 1. The summed E-state index contributed by atoms with van der Waals surface area (Å²) in [5.74, 6) is 0.757. The van der Waals surface area contributed by atoms with Gasteiger partial charge in [-0.3, -0.25) is 0 Å². The van der Waals surface area contributed by atoms with Crippen LogP contribution in [0, 0.1) is 5.92 Å². The number of anilines is 1. The molecule has 1 aromatic carbocycles. The summed E-state index contributed by atoms with van der Waals surface area (Å²) in [6.45, 7) is 4.54. The Morgan fingerprint density at radius 1 is 1.35 bits per heavy atom. The molecule has 8 heteroatoms. The van der Waals surface area contributed by atoms with Crippen LogP contribution in [0.25, 0.3) is 0 Å². The molecule has 1 unspecified atom stereocenters. The molecule has 2 rings (SSSR count). The number of carbonyl (C=O) groups is 1. The monoisotopic (exact) mass is 337 g/mol. The highest BCUT2D eigenvalue weighted by molar-refractivity contribution is 6.31. The third-order valence-corrected chi connectivity index (χ3v) is 3.59. The van der Waals surface area contributed by atoms with Crippen molar-refractivity contribution in [1.29, 1.82) is 0 Å². The zero-order valence-corrected chi connectivity index (χ0v) is 14.0. The normalized spacial score (nSPS) is 12.0. The molecule has 2 amide bonds. The fraction of sp³-hybridized carbons (Fsp3) is 0.400. The van der Waals surface area contributed by atoms with Gasteiger partial charge in [0.1, 0.15) is 5.75 Å². The number of methoxy groups -OCH3 is 1. The topological polar surface area (TPSA) is 81.1 Å². The lowest BCUT2D eigenvalue weighted by Gasteiger charge is -2.22. The van der Waals surface area contributed by atoms with E-state index in [9.17, 15) is 4.79 Å². The van der Waals surface area contributed by atoms with Crippen LogP contribution in [-0.2, 0) is 6.54 Å². The fourth-order valence-electron chi connectivity index (χ4n) is 2.04. The fourth-order valence-corrected chi connectivity index (χ4v) is 2.21. The van der Waals surface area contributed by atoms with Gasteiger partial charge in [0.25, 0.3) is 0 Å². The summed E-state index contributed by atoms with van der Waals surface area (Å²) >= 11 is 5.96. The van der Waals surface area contributed by atoms with Gasteiger partial charge in [0, 0.05) is 5.02 Å². The molecule has 1 heterocycles. The molecule has 2 aromatic rings. The molecule has 0 saturated carbocycles. The summed E-state index contributed by atoms with van der Waals surface area (Å²) in [5.41, 5.74) is 0.511. The van der Waals surface area contributed by atoms with E-state index in [1.807, 2.05) is 13.8 Å². The smallest absolute Gasteiger partial charge is 0.319 e. The van der Waals surface area contributed by atoms with Crippen LogP contribution in [0.5, 0.6) is 5.75 Å². The van der Waals surface area contributed by atoms with E-state index >= 15 is 0 Å². The van der Waals surface area contributed by atoms with Crippen LogP contribution in [0.1, 0.15) is 13.8 Å². The number of urea groups is 1. The van der Waals surface area contributed by atoms with Crippen molar-refractivity contribution in [2.75, 3.05) is 12.4 Å². The molecular weight excluding hydrogens is 318 g/mol. The second-order valence-electron chi connectivity index (χ2n) is 5.38. The van der Waals surface area contributed by atoms with E-state index in [1.54, 1.807) is 35.4 Å². The molecule has 1 aromatic heterocycles. The lowest BCUT2D eigenvalue weighted by molar-refractivity contribution is 0.239. The van der Waals surface area contributed by atoms with Gasteiger partial charge < -0.3 is 15.4 Å². The molecule has 0 saturated heterocycles. The van der Waals surface area contributed by atoms with Gasteiger partial charge >= 0.3 is 6.03 Å². The predicted molar refractivity (Wildman–Crippen MR) is 88.8 cm³/mol. The first-order valence-corrected chi connectivity index (χ1v) is 7.62. The van der Waals surface area contributed by atoms with Gasteiger partial charge in [0.15, 0.2) is 0 Å². The lowest BCUT2D eigenvalue weighted by Crippen LogP contribution is -2.44. The standard InChI is InChI=1S/C15H20ClN5O2/c1-10(2)13(9-21-17-6-7-18-21)20-15(22)19-12-8-11(16)4-5-14(12)23-3/h4-8,10,13H,9H2,1-3H3,(H2,19,20,22). The predicted octanol–water partition coefficient (Wildman–Crippen LogP) is 2.79. The third kappa shape index (κ3) is 4.85. The van der Waals surface area contributed by atoms with E-state index in [0.717, 1.165) is 0 Å². The number of benzene rings is 1. The average Bonchev–Trinajstić information content (AvgIpc) is 2.99. The second kappa shape index (κ2) is 7.82. The molecule has 0 aliphatic rings. The first kappa shape index (κ1) is 17.1. The molecule has 23 heavy (non-hydrogen) atoms. The van der Waals surface area contributed by atoms with Crippen LogP contribution in [0.3, 0.4) is 0 Å². The zero-order valence-electron chi connectivity index (χ0n) is 13.3. The molecule has 2 N–H and O–H groups in total. The summed E-state index contributed by atoms with van der Waals surface area (Å²) in [6.07, 6.45) is 3.21. The van der Waals surface area contributed by atoms with Crippen molar-refractivity contribution < 1.29 is 9.53 Å². The van der Waals surface area contributed by atoms with Crippen LogP contribution in [0.4, 0.5) is 10.5 Å². The highest BCUT2D eigenvalue weighted by atomic mass is 35.5. The molecule has 0 radical (unpaired) electrons. The largest absolute Gasteiger partial charge is 0.495 e. The number of halogens is 1. The quantitative estimate of drug-likeness (QED) is 0.849. The summed E-state index contributed by atoms with van der Waals surface area (Å²) in [6, 6.07) is 4.58. The molecule has 0 bridgehead atoms. The van der Waals surface area contributed by atoms with Crippen LogP contribution >= 0.6 is 11.6 Å². The average molecular weight is 338 g/mol. The minimum Gasteiger partial charge on any atom is -0.495 e. The number of aromatic nitrogens is 3. The molecule has 0 aliphatic carbocycles. The van der Waals surface area contributed by atoms with Crippen molar-refractivity contribution in [2.24, 2.45) is 5.92 Å². The van der Waals surface area contributed by atoms with Gasteiger partial charge in [0.05, 0.1) is 37.8 Å². The summed E-state index contributed by atoms with van der Waals surface area (Å²) in [4.78, 5) is 13.8. The van der Waals surface area contributed by atoms with Crippen molar-refractivity contribution in [3.8, 4) is 5.75 Å².